The Hall–Kier alpha value is -2.69. The van der Waals surface area contributed by atoms with Crippen molar-refractivity contribution in [1.82, 2.24) is 0 Å². The highest BCUT2D eigenvalue weighted by molar-refractivity contribution is 5.93. The summed E-state index contributed by atoms with van der Waals surface area (Å²) >= 11 is 0. The summed E-state index contributed by atoms with van der Waals surface area (Å²) in [5, 5.41) is 0. The van der Waals surface area contributed by atoms with Crippen LogP contribution in [0, 0.1) is 11.6 Å². The number of fused-ring (bicyclic) bond motifs is 1. The highest BCUT2D eigenvalue weighted by atomic mass is 19.1. The predicted octanol–water partition coefficient (Wildman–Crippen LogP) is 3.58. The van der Waals surface area contributed by atoms with Gasteiger partial charge in [0.05, 0.1) is 18.2 Å². The third-order valence-electron chi connectivity index (χ3n) is 3.45. The Morgan fingerprint density at radius 1 is 1.18 bits per heavy atom. The Kier molecular flexibility index (Phi) is 3.63. The molecule has 0 fully saturated rings. The molecule has 0 N–H and O–H groups in total. The number of ether oxygens (including phenoxy) is 2. The Morgan fingerprint density at radius 2 is 1.91 bits per heavy atom. The molecule has 5 heteroatoms. The zero-order valence-corrected chi connectivity index (χ0v) is 11.7. The van der Waals surface area contributed by atoms with Crippen LogP contribution in [0.1, 0.15) is 21.5 Å². The molecule has 1 aliphatic heterocycles. The summed E-state index contributed by atoms with van der Waals surface area (Å²) in [7, 11) is 1.27. The number of rotatable bonds is 2. The summed E-state index contributed by atoms with van der Waals surface area (Å²) in [4.78, 5) is 11.6. The molecule has 22 heavy (non-hydrogen) atoms. The highest BCUT2D eigenvalue weighted by Crippen LogP contribution is 2.37. The summed E-state index contributed by atoms with van der Waals surface area (Å²) in [5.74, 6) is -1.39. The fourth-order valence-corrected chi connectivity index (χ4v) is 2.43. The van der Waals surface area contributed by atoms with Gasteiger partial charge in [-0.25, -0.2) is 13.6 Å². The molecular formula is C17H12F2O3. The molecule has 0 saturated heterocycles. The van der Waals surface area contributed by atoms with E-state index in [1.54, 1.807) is 18.2 Å². The number of carbonyl (C=O) groups is 1. The van der Waals surface area contributed by atoms with Crippen molar-refractivity contribution >= 4 is 11.5 Å². The van der Waals surface area contributed by atoms with E-state index in [4.69, 9.17) is 4.74 Å². The van der Waals surface area contributed by atoms with Gasteiger partial charge in [0.1, 0.15) is 24.0 Å². The lowest BCUT2D eigenvalue weighted by Crippen LogP contribution is -2.10. The van der Waals surface area contributed by atoms with Crippen molar-refractivity contribution in [2.45, 2.75) is 0 Å². The average Bonchev–Trinajstić information content (AvgIpc) is 2.53. The largest absolute Gasteiger partial charge is 0.489 e. The zero-order chi connectivity index (χ0) is 15.7. The van der Waals surface area contributed by atoms with Gasteiger partial charge in [0.25, 0.3) is 0 Å². The first-order chi connectivity index (χ1) is 10.6. The molecule has 0 unspecified atom stereocenters. The van der Waals surface area contributed by atoms with E-state index in [9.17, 15) is 13.6 Å². The number of methoxy groups -OCH3 is 1. The molecule has 3 nitrogen and oxygen atoms in total. The molecule has 0 aliphatic carbocycles. The van der Waals surface area contributed by atoms with Crippen LogP contribution in [0.15, 0.2) is 42.5 Å². The first-order valence-electron chi connectivity index (χ1n) is 6.62. The quantitative estimate of drug-likeness (QED) is 0.796. The van der Waals surface area contributed by atoms with Gasteiger partial charge in [0, 0.05) is 5.56 Å². The van der Waals surface area contributed by atoms with Crippen molar-refractivity contribution in [3.8, 4) is 5.75 Å². The summed E-state index contributed by atoms with van der Waals surface area (Å²) in [6.07, 6.45) is 1.59. The van der Waals surface area contributed by atoms with Gasteiger partial charge in [-0.3, -0.25) is 0 Å². The van der Waals surface area contributed by atoms with Crippen LogP contribution in [0.25, 0.3) is 5.57 Å². The van der Waals surface area contributed by atoms with Crippen molar-refractivity contribution < 1.29 is 23.0 Å². The summed E-state index contributed by atoms with van der Waals surface area (Å²) in [5.41, 5.74) is 0.976. The maximum Gasteiger partial charge on any atom is 0.337 e. The number of hydrogen-bond acceptors (Lipinski definition) is 3. The normalized spacial score (nSPS) is 13.0. The molecule has 1 heterocycles. The number of halogens is 2. The Labute approximate surface area is 125 Å². The minimum absolute atomic E-state index is 0.130. The van der Waals surface area contributed by atoms with Crippen LogP contribution in [0.2, 0.25) is 0 Å². The minimum Gasteiger partial charge on any atom is -0.489 e. The molecule has 112 valence electrons. The molecule has 0 amide bonds. The van der Waals surface area contributed by atoms with Gasteiger partial charge >= 0.3 is 5.97 Å². The standard InChI is InChI=1S/C17H12F2O3/c1-21-17(20)10-5-6-15-12(9-10)11(7-8-22-15)16-13(18)3-2-4-14(16)19/h2-7,9H,8H2,1H3. The van der Waals surface area contributed by atoms with Gasteiger partial charge in [-0.05, 0) is 42.0 Å². The van der Waals surface area contributed by atoms with Crippen molar-refractivity contribution in [3.05, 3.63) is 70.8 Å². The monoisotopic (exact) mass is 302 g/mol. The van der Waals surface area contributed by atoms with E-state index in [1.165, 1.54) is 31.4 Å². The van der Waals surface area contributed by atoms with Crippen LogP contribution < -0.4 is 4.74 Å². The van der Waals surface area contributed by atoms with E-state index in [2.05, 4.69) is 4.74 Å². The van der Waals surface area contributed by atoms with Crippen LogP contribution in [0.3, 0.4) is 0 Å². The maximum absolute atomic E-state index is 14.0. The second-order valence-corrected chi connectivity index (χ2v) is 4.73. The summed E-state index contributed by atoms with van der Waals surface area (Å²) in [6.45, 7) is 0.202. The van der Waals surface area contributed by atoms with Crippen LogP contribution in [-0.2, 0) is 4.74 Å². The molecule has 0 saturated carbocycles. The van der Waals surface area contributed by atoms with E-state index in [0.717, 1.165) is 0 Å². The summed E-state index contributed by atoms with van der Waals surface area (Å²) in [6, 6.07) is 8.34. The maximum atomic E-state index is 14.0. The van der Waals surface area contributed by atoms with Gasteiger partial charge in [0.15, 0.2) is 0 Å². The molecule has 0 aromatic heterocycles. The number of benzene rings is 2. The Bertz CT molecular complexity index is 761. The number of esters is 1. The van der Waals surface area contributed by atoms with Gasteiger partial charge in [-0.1, -0.05) is 6.07 Å². The third-order valence-corrected chi connectivity index (χ3v) is 3.45. The molecule has 3 rings (SSSR count). The second-order valence-electron chi connectivity index (χ2n) is 4.73. The van der Waals surface area contributed by atoms with Gasteiger partial charge in [0.2, 0.25) is 0 Å². The lowest BCUT2D eigenvalue weighted by Gasteiger charge is -2.20. The van der Waals surface area contributed by atoms with E-state index in [0.29, 0.717) is 16.9 Å². The van der Waals surface area contributed by atoms with Crippen molar-refractivity contribution in [2.24, 2.45) is 0 Å². The van der Waals surface area contributed by atoms with Crippen LogP contribution in [0.5, 0.6) is 5.75 Å². The molecule has 2 aromatic carbocycles. The molecule has 0 radical (unpaired) electrons. The molecule has 0 atom stereocenters. The Balaban J connectivity index is 2.17. The topological polar surface area (TPSA) is 35.5 Å². The van der Waals surface area contributed by atoms with Gasteiger partial charge in [-0.2, -0.15) is 0 Å². The highest BCUT2D eigenvalue weighted by Gasteiger charge is 2.22. The molecular weight excluding hydrogens is 290 g/mol. The third kappa shape index (κ3) is 2.35. The lowest BCUT2D eigenvalue weighted by molar-refractivity contribution is 0.0600. The van der Waals surface area contributed by atoms with E-state index in [1.807, 2.05) is 0 Å². The van der Waals surface area contributed by atoms with E-state index in [-0.39, 0.29) is 17.7 Å². The van der Waals surface area contributed by atoms with Crippen LogP contribution in [-0.4, -0.2) is 19.7 Å². The molecule has 0 bridgehead atoms. The van der Waals surface area contributed by atoms with E-state index < -0.39 is 17.6 Å². The zero-order valence-electron chi connectivity index (χ0n) is 11.7. The van der Waals surface area contributed by atoms with Gasteiger partial charge in [-0.15, -0.1) is 0 Å². The fourth-order valence-electron chi connectivity index (χ4n) is 2.43. The van der Waals surface area contributed by atoms with E-state index >= 15 is 0 Å². The molecule has 1 aliphatic rings. The Morgan fingerprint density at radius 3 is 2.59 bits per heavy atom. The van der Waals surface area contributed by atoms with Gasteiger partial charge < -0.3 is 9.47 Å². The smallest absolute Gasteiger partial charge is 0.337 e. The summed E-state index contributed by atoms with van der Waals surface area (Å²) < 4.78 is 38.2. The first-order valence-corrected chi connectivity index (χ1v) is 6.62. The van der Waals surface area contributed by atoms with Crippen molar-refractivity contribution in [3.63, 3.8) is 0 Å². The van der Waals surface area contributed by atoms with Crippen LogP contribution >= 0.6 is 0 Å². The second kappa shape index (κ2) is 5.60. The average molecular weight is 302 g/mol. The SMILES string of the molecule is COC(=O)c1ccc2c(c1)C(c1c(F)cccc1F)=CCO2. The first kappa shape index (κ1) is 14.3. The molecule has 0 spiro atoms. The minimum atomic E-state index is -0.664. The number of carbonyl (C=O) groups excluding carboxylic acids is 1. The fraction of sp³-hybridized carbons (Fsp3) is 0.118. The van der Waals surface area contributed by atoms with Crippen molar-refractivity contribution in [2.75, 3.05) is 13.7 Å². The molecule has 2 aromatic rings. The van der Waals surface area contributed by atoms with Crippen LogP contribution in [0.4, 0.5) is 8.78 Å². The predicted molar refractivity (Wildman–Crippen MR) is 76.7 cm³/mol. The lowest BCUT2D eigenvalue weighted by atomic mass is 9.93. The van der Waals surface area contributed by atoms with Crippen molar-refractivity contribution in [1.29, 1.82) is 0 Å². The number of hydrogen-bond donors (Lipinski definition) is 0.